The van der Waals surface area contributed by atoms with Crippen LogP contribution in [0.2, 0.25) is 0 Å². The van der Waals surface area contributed by atoms with Crippen LogP contribution >= 0.6 is 0 Å². The summed E-state index contributed by atoms with van der Waals surface area (Å²) in [4.78, 5) is 1.97. The average Bonchev–Trinajstić information content (AvgIpc) is 2.83. The Morgan fingerprint density at radius 1 is 1.47 bits per heavy atom. The first-order valence-corrected chi connectivity index (χ1v) is 5.75. The first kappa shape index (κ1) is 12.9. The third-order valence-electron chi connectivity index (χ3n) is 2.75. The van der Waals surface area contributed by atoms with E-state index in [2.05, 4.69) is 15.5 Å². The van der Waals surface area contributed by atoms with Crippen molar-refractivity contribution in [2.45, 2.75) is 6.54 Å². The molecule has 0 radical (unpaired) electrons. The van der Waals surface area contributed by atoms with E-state index < -0.39 is 0 Å². The lowest BCUT2D eigenvalue weighted by atomic mass is 10.1. The molecule has 2 rings (SSSR count). The second-order valence-corrected chi connectivity index (χ2v) is 4.24. The monoisotopic (exact) mass is 260 g/mol. The third kappa shape index (κ3) is 2.82. The molecule has 0 bridgehead atoms. The van der Waals surface area contributed by atoms with Crippen LogP contribution in [0.1, 0.15) is 11.3 Å². The molecule has 3 N–H and O–H groups in total. The van der Waals surface area contributed by atoms with Gasteiger partial charge in [0.2, 0.25) is 0 Å². The fourth-order valence-corrected chi connectivity index (χ4v) is 1.87. The number of hydrogen-bond acceptors (Lipinski definition) is 5. The Morgan fingerprint density at radius 2 is 2.21 bits per heavy atom. The van der Waals surface area contributed by atoms with E-state index >= 15 is 0 Å². The van der Waals surface area contributed by atoms with E-state index in [-0.39, 0.29) is 5.84 Å². The summed E-state index contributed by atoms with van der Waals surface area (Å²) < 4.78 is 1.65. The Labute approximate surface area is 110 Å². The Morgan fingerprint density at radius 3 is 2.84 bits per heavy atom. The first-order valence-electron chi connectivity index (χ1n) is 5.75. The van der Waals surface area contributed by atoms with E-state index in [1.54, 1.807) is 10.7 Å². The van der Waals surface area contributed by atoms with Gasteiger partial charge in [0.15, 0.2) is 5.84 Å². The lowest BCUT2D eigenvalue weighted by molar-refractivity contribution is 0.318. The fraction of sp³-hybridized carbons (Fsp3) is 0.250. The maximum Gasteiger partial charge on any atom is 0.172 e. The molecule has 0 fully saturated rings. The van der Waals surface area contributed by atoms with Gasteiger partial charge in [0.05, 0.1) is 6.54 Å². The molecule has 1 aromatic heterocycles. The van der Waals surface area contributed by atoms with Crippen LogP contribution in [0.5, 0.6) is 0 Å². The van der Waals surface area contributed by atoms with Crippen molar-refractivity contribution in [1.82, 2.24) is 15.0 Å². The van der Waals surface area contributed by atoms with Gasteiger partial charge in [-0.2, -0.15) is 0 Å². The van der Waals surface area contributed by atoms with Gasteiger partial charge >= 0.3 is 0 Å². The molecule has 100 valence electrons. The number of nitrogens with zero attached hydrogens (tertiary/aromatic N) is 5. The molecule has 0 atom stereocenters. The number of para-hydroxylation sites is 1. The second-order valence-electron chi connectivity index (χ2n) is 4.24. The Balaban J connectivity index is 2.26. The van der Waals surface area contributed by atoms with Crippen LogP contribution in [0, 0.1) is 0 Å². The number of aromatic nitrogens is 3. The van der Waals surface area contributed by atoms with Crippen LogP contribution in [-0.2, 0) is 13.6 Å². The molecule has 0 saturated heterocycles. The summed E-state index contributed by atoms with van der Waals surface area (Å²) in [6.45, 7) is 0.587. The summed E-state index contributed by atoms with van der Waals surface area (Å²) in [5, 5.41) is 19.8. The van der Waals surface area contributed by atoms with Gasteiger partial charge in [-0.1, -0.05) is 22.5 Å². The van der Waals surface area contributed by atoms with Gasteiger partial charge in [-0.05, 0) is 12.1 Å². The van der Waals surface area contributed by atoms with Crippen molar-refractivity contribution in [3.8, 4) is 0 Å². The van der Waals surface area contributed by atoms with Crippen LogP contribution in [0.4, 0.5) is 5.69 Å². The minimum atomic E-state index is 0.0848. The molecule has 19 heavy (non-hydrogen) atoms. The van der Waals surface area contributed by atoms with E-state index in [9.17, 15) is 0 Å². The normalized spacial score (nSPS) is 11.6. The highest BCUT2D eigenvalue weighted by Crippen LogP contribution is 2.20. The van der Waals surface area contributed by atoms with Crippen molar-refractivity contribution < 1.29 is 5.21 Å². The van der Waals surface area contributed by atoms with E-state index in [0.717, 1.165) is 11.4 Å². The molecule has 2 aromatic rings. The SMILES string of the molecule is CN(Cc1cn(C)nn1)c1ccccc1/C(N)=N/O. The van der Waals surface area contributed by atoms with Crippen LogP contribution in [-0.4, -0.2) is 33.1 Å². The van der Waals surface area contributed by atoms with Gasteiger partial charge < -0.3 is 15.8 Å². The Bertz CT molecular complexity index is 591. The number of amidine groups is 1. The van der Waals surface area contributed by atoms with Gasteiger partial charge in [-0.3, -0.25) is 4.68 Å². The molecular weight excluding hydrogens is 244 g/mol. The molecule has 0 aliphatic carbocycles. The lowest BCUT2D eigenvalue weighted by Crippen LogP contribution is -2.22. The minimum absolute atomic E-state index is 0.0848. The zero-order valence-electron chi connectivity index (χ0n) is 10.9. The molecule has 0 aliphatic rings. The summed E-state index contributed by atoms with van der Waals surface area (Å²) in [7, 11) is 3.74. The minimum Gasteiger partial charge on any atom is -0.409 e. The highest BCUT2D eigenvalue weighted by molar-refractivity contribution is 6.02. The Kier molecular flexibility index (Phi) is 3.65. The van der Waals surface area contributed by atoms with Crippen molar-refractivity contribution in [2.75, 3.05) is 11.9 Å². The number of aryl methyl sites for hydroxylation is 1. The Hall–Kier alpha value is -2.57. The molecule has 0 saturated carbocycles. The van der Waals surface area contributed by atoms with Crippen molar-refractivity contribution in [1.29, 1.82) is 0 Å². The number of nitrogens with two attached hydrogens (primary N) is 1. The molecule has 7 heteroatoms. The quantitative estimate of drug-likeness (QED) is 0.362. The maximum absolute atomic E-state index is 8.81. The molecular formula is C12H16N6O. The van der Waals surface area contributed by atoms with Crippen molar-refractivity contribution in [2.24, 2.45) is 17.9 Å². The summed E-state index contributed by atoms with van der Waals surface area (Å²) >= 11 is 0. The molecule has 0 unspecified atom stereocenters. The van der Waals surface area contributed by atoms with Crippen LogP contribution in [0.25, 0.3) is 0 Å². The molecule has 7 nitrogen and oxygen atoms in total. The zero-order valence-corrected chi connectivity index (χ0v) is 10.9. The summed E-state index contributed by atoms with van der Waals surface area (Å²) in [6.07, 6.45) is 1.85. The first-order chi connectivity index (χ1) is 9.11. The highest BCUT2D eigenvalue weighted by atomic mass is 16.4. The predicted octanol–water partition coefficient (Wildman–Crippen LogP) is 0.546. The predicted molar refractivity (Wildman–Crippen MR) is 72.1 cm³/mol. The zero-order chi connectivity index (χ0) is 13.8. The number of rotatable bonds is 4. The largest absolute Gasteiger partial charge is 0.409 e. The van der Waals surface area contributed by atoms with E-state index in [0.29, 0.717) is 12.1 Å². The summed E-state index contributed by atoms with van der Waals surface area (Å²) in [6, 6.07) is 7.45. The lowest BCUT2D eigenvalue weighted by Gasteiger charge is -2.20. The van der Waals surface area contributed by atoms with Gasteiger partial charge in [0.25, 0.3) is 0 Å². The number of oxime groups is 1. The van der Waals surface area contributed by atoms with Gasteiger partial charge in [-0.25, -0.2) is 0 Å². The van der Waals surface area contributed by atoms with Crippen LogP contribution in [0.3, 0.4) is 0 Å². The van der Waals surface area contributed by atoms with Gasteiger partial charge in [0.1, 0.15) is 5.69 Å². The molecule has 0 aliphatic heterocycles. The van der Waals surface area contributed by atoms with Crippen LogP contribution < -0.4 is 10.6 Å². The summed E-state index contributed by atoms with van der Waals surface area (Å²) in [5.41, 5.74) is 8.06. The highest BCUT2D eigenvalue weighted by Gasteiger charge is 2.11. The van der Waals surface area contributed by atoms with E-state index in [1.807, 2.05) is 43.4 Å². The molecule has 1 heterocycles. The van der Waals surface area contributed by atoms with E-state index in [4.69, 9.17) is 10.9 Å². The smallest absolute Gasteiger partial charge is 0.172 e. The summed E-state index contributed by atoms with van der Waals surface area (Å²) in [5.74, 6) is 0.0848. The average molecular weight is 260 g/mol. The number of anilines is 1. The number of hydrogen-bond donors (Lipinski definition) is 2. The van der Waals surface area contributed by atoms with Crippen molar-refractivity contribution in [3.63, 3.8) is 0 Å². The fourth-order valence-electron chi connectivity index (χ4n) is 1.87. The van der Waals surface area contributed by atoms with Crippen LogP contribution in [0.15, 0.2) is 35.6 Å². The van der Waals surface area contributed by atoms with Gasteiger partial charge in [0, 0.05) is 31.5 Å². The van der Waals surface area contributed by atoms with E-state index in [1.165, 1.54) is 0 Å². The van der Waals surface area contributed by atoms with Crippen molar-refractivity contribution in [3.05, 3.63) is 41.7 Å². The standard InChI is InChI=1S/C12H16N6O/c1-17(7-9-8-18(2)16-14-9)11-6-4-3-5-10(11)12(13)15-19/h3-6,8,19H,7H2,1-2H3,(H2,13,15). The molecule has 0 spiro atoms. The molecule has 1 aromatic carbocycles. The third-order valence-corrected chi connectivity index (χ3v) is 2.75. The topological polar surface area (TPSA) is 92.6 Å². The number of benzene rings is 1. The van der Waals surface area contributed by atoms with Gasteiger partial charge in [-0.15, -0.1) is 5.10 Å². The maximum atomic E-state index is 8.81. The van der Waals surface area contributed by atoms with Crippen molar-refractivity contribution >= 4 is 11.5 Å². The molecule has 0 amide bonds. The second kappa shape index (κ2) is 5.38.